The van der Waals surface area contributed by atoms with Crippen molar-refractivity contribution in [2.24, 2.45) is 11.1 Å². The maximum atomic E-state index is 12.4. The lowest BCUT2D eigenvalue weighted by Crippen LogP contribution is -2.48. The summed E-state index contributed by atoms with van der Waals surface area (Å²) >= 11 is 0. The van der Waals surface area contributed by atoms with Crippen molar-refractivity contribution < 1.29 is 23.0 Å². The van der Waals surface area contributed by atoms with Crippen molar-refractivity contribution in [3.05, 3.63) is 29.8 Å². The molecule has 0 saturated carbocycles. The predicted molar refractivity (Wildman–Crippen MR) is 83.7 cm³/mol. The van der Waals surface area contributed by atoms with Crippen LogP contribution in [0.15, 0.2) is 24.3 Å². The van der Waals surface area contributed by atoms with Gasteiger partial charge in [0, 0.05) is 26.3 Å². The number of carbonyl (C=O) groups excluding carboxylic acids is 1. The smallest absolute Gasteiger partial charge is 0.387 e. The second-order valence-electron chi connectivity index (χ2n) is 5.30. The summed E-state index contributed by atoms with van der Waals surface area (Å²) in [4.78, 5) is 12.4. The van der Waals surface area contributed by atoms with Crippen LogP contribution in [0.5, 0.6) is 5.75 Å². The molecule has 1 fully saturated rings. The Morgan fingerprint density at radius 3 is 2.43 bits per heavy atom. The van der Waals surface area contributed by atoms with Gasteiger partial charge < -0.3 is 20.5 Å². The molecule has 1 aromatic rings. The molecule has 130 valence electrons. The van der Waals surface area contributed by atoms with Gasteiger partial charge in [0.25, 0.3) is 0 Å². The van der Waals surface area contributed by atoms with E-state index < -0.39 is 12.0 Å². The van der Waals surface area contributed by atoms with Crippen molar-refractivity contribution in [2.75, 3.05) is 19.8 Å². The molecule has 1 aromatic carbocycles. The summed E-state index contributed by atoms with van der Waals surface area (Å²) in [5, 5.41) is 2.86. The van der Waals surface area contributed by atoms with Gasteiger partial charge in [-0.15, -0.1) is 12.4 Å². The first-order valence-electron chi connectivity index (χ1n) is 7.16. The van der Waals surface area contributed by atoms with Crippen molar-refractivity contribution in [3.63, 3.8) is 0 Å². The highest BCUT2D eigenvalue weighted by Crippen LogP contribution is 2.29. The Labute approximate surface area is 139 Å². The van der Waals surface area contributed by atoms with Crippen LogP contribution in [0.3, 0.4) is 0 Å². The number of ether oxygens (including phenoxy) is 2. The lowest BCUT2D eigenvalue weighted by Gasteiger charge is -2.34. The molecule has 0 bridgehead atoms. The molecule has 2 rings (SSSR count). The summed E-state index contributed by atoms with van der Waals surface area (Å²) in [5.41, 5.74) is 6.00. The van der Waals surface area contributed by atoms with E-state index in [2.05, 4.69) is 10.1 Å². The van der Waals surface area contributed by atoms with E-state index in [4.69, 9.17) is 10.5 Å². The van der Waals surface area contributed by atoms with Crippen molar-refractivity contribution in [1.29, 1.82) is 0 Å². The molecule has 0 spiro atoms. The minimum Gasteiger partial charge on any atom is -0.435 e. The van der Waals surface area contributed by atoms with E-state index in [0.29, 0.717) is 32.6 Å². The number of alkyl halides is 2. The molecule has 1 aliphatic rings. The SMILES string of the molecule is Cl.NCC1(C(=O)NCc2ccc(OC(F)F)cc2)CCOCC1. The lowest BCUT2D eigenvalue weighted by atomic mass is 9.79. The van der Waals surface area contributed by atoms with Crippen molar-refractivity contribution >= 4 is 18.3 Å². The highest BCUT2D eigenvalue weighted by Gasteiger charge is 2.38. The Morgan fingerprint density at radius 1 is 1.30 bits per heavy atom. The lowest BCUT2D eigenvalue weighted by molar-refractivity contribution is -0.136. The van der Waals surface area contributed by atoms with Crippen molar-refractivity contribution in [3.8, 4) is 5.75 Å². The third-order valence-corrected chi connectivity index (χ3v) is 3.92. The van der Waals surface area contributed by atoms with E-state index in [0.717, 1.165) is 5.56 Å². The van der Waals surface area contributed by atoms with Gasteiger partial charge in [0.1, 0.15) is 5.75 Å². The van der Waals surface area contributed by atoms with Crippen LogP contribution in [0.1, 0.15) is 18.4 Å². The zero-order valence-electron chi connectivity index (χ0n) is 12.6. The number of hydrogen-bond donors (Lipinski definition) is 2. The molecule has 0 atom stereocenters. The number of carbonyl (C=O) groups is 1. The normalized spacial score (nSPS) is 16.5. The fourth-order valence-corrected chi connectivity index (χ4v) is 2.44. The average molecular weight is 351 g/mol. The molecule has 23 heavy (non-hydrogen) atoms. The Bertz CT molecular complexity index is 494. The first-order chi connectivity index (χ1) is 10.6. The molecular formula is C15H21ClF2N2O3. The molecule has 0 unspecified atom stereocenters. The Morgan fingerprint density at radius 2 is 1.91 bits per heavy atom. The highest BCUT2D eigenvalue weighted by atomic mass is 35.5. The maximum Gasteiger partial charge on any atom is 0.387 e. The van der Waals surface area contributed by atoms with Crippen molar-refractivity contribution in [2.45, 2.75) is 26.0 Å². The number of halogens is 3. The van der Waals surface area contributed by atoms with Crippen molar-refractivity contribution in [1.82, 2.24) is 5.32 Å². The molecule has 8 heteroatoms. The predicted octanol–water partition coefficient (Wildman–Crippen LogP) is 2.08. The second kappa shape index (κ2) is 9.00. The largest absolute Gasteiger partial charge is 0.435 e. The summed E-state index contributed by atoms with van der Waals surface area (Å²) < 4.78 is 33.7. The van der Waals surface area contributed by atoms with E-state index in [1.165, 1.54) is 12.1 Å². The number of benzene rings is 1. The highest BCUT2D eigenvalue weighted by molar-refractivity contribution is 5.85. The summed E-state index contributed by atoms with van der Waals surface area (Å²) in [6.07, 6.45) is 1.22. The Hall–Kier alpha value is -1.44. The van der Waals surface area contributed by atoms with Crippen LogP contribution in [-0.4, -0.2) is 32.3 Å². The van der Waals surface area contributed by atoms with Gasteiger partial charge in [0.2, 0.25) is 5.91 Å². The van der Waals surface area contributed by atoms with Crippen LogP contribution in [-0.2, 0) is 16.1 Å². The Kier molecular flexibility index (Phi) is 7.67. The molecular weight excluding hydrogens is 330 g/mol. The number of amides is 1. The third kappa shape index (κ3) is 5.30. The number of hydrogen-bond acceptors (Lipinski definition) is 4. The van der Waals surface area contributed by atoms with E-state index in [1.54, 1.807) is 12.1 Å². The summed E-state index contributed by atoms with van der Waals surface area (Å²) in [7, 11) is 0. The first-order valence-corrected chi connectivity index (χ1v) is 7.16. The van der Waals surface area contributed by atoms with Crippen LogP contribution in [0.4, 0.5) is 8.78 Å². The van der Waals surface area contributed by atoms with Crippen LogP contribution >= 0.6 is 12.4 Å². The first kappa shape index (κ1) is 19.6. The van der Waals surface area contributed by atoms with E-state index in [9.17, 15) is 13.6 Å². The van der Waals surface area contributed by atoms with Crippen LogP contribution in [0.2, 0.25) is 0 Å². The molecule has 1 heterocycles. The molecule has 1 amide bonds. The Balaban J connectivity index is 0.00000264. The van der Waals surface area contributed by atoms with E-state index in [1.807, 2.05) is 0 Å². The van der Waals surface area contributed by atoms with Gasteiger partial charge in [-0.1, -0.05) is 12.1 Å². The molecule has 0 radical (unpaired) electrons. The zero-order chi connectivity index (χ0) is 16.0. The van der Waals surface area contributed by atoms with Gasteiger partial charge in [-0.2, -0.15) is 8.78 Å². The van der Waals surface area contributed by atoms with Gasteiger partial charge in [-0.3, -0.25) is 4.79 Å². The standard InChI is InChI=1S/C15H20F2N2O3.ClH/c16-14(17)22-12-3-1-11(2-4-12)9-19-13(20)15(10-18)5-7-21-8-6-15;/h1-4,14H,5-10,18H2,(H,19,20);1H. The number of nitrogens with one attached hydrogen (secondary N) is 1. The van der Waals surface area contributed by atoms with Crippen LogP contribution in [0.25, 0.3) is 0 Å². The van der Waals surface area contributed by atoms with Crippen LogP contribution < -0.4 is 15.8 Å². The average Bonchev–Trinajstić information content (AvgIpc) is 2.54. The van der Waals surface area contributed by atoms with Gasteiger partial charge in [-0.25, -0.2) is 0 Å². The second-order valence-corrected chi connectivity index (χ2v) is 5.30. The number of nitrogens with two attached hydrogens (primary N) is 1. The maximum absolute atomic E-state index is 12.4. The molecule has 0 aliphatic carbocycles. The zero-order valence-corrected chi connectivity index (χ0v) is 13.4. The molecule has 5 nitrogen and oxygen atoms in total. The van der Waals surface area contributed by atoms with Gasteiger partial charge >= 0.3 is 6.61 Å². The van der Waals surface area contributed by atoms with Gasteiger partial charge in [0.05, 0.1) is 5.41 Å². The third-order valence-electron chi connectivity index (χ3n) is 3.92. The van der Waals surface area contributed by atoms with Crippen LogP contribution in [0, 0.1) is 5.41 Å². The fraction of sp³-hybridized carbons (Fsp3) is 0.533. The van der Waals surface area contributed by atoms with Gasteiger partial charge in [0.15, 0.2) is 0 Å². The topological polar surface area (TPSA) is 73.6 Å². The fourth-order valence-electron chi connectivity index (χ4n) is 2.44. The minimum absolute atomic E-state index is 0. The molecule has 1 saturated heterocycles. The molecule has 0 aromatic heterocycles. The summed E-state index contributed by atoms with van der Waals surface area (Å²) in [6.45, 7) is -1.18. The summed E-state index contributed by atoms with van der Waals surface area (Å²) in [6, 6.07) is 6.16. The minimum atomic E-state index is -2.84. The quantitative estimate of drug-likeness (QED) is 0.824. The molecule has 1 aliphatic heterocycles. The number of rotatable bonds is 6. The van der Waals surface area contributed by atoms with E-state index >= 15 is 0 Å². The molecule has 3 N–H and O–H groups in total. The monoisotopic (exact) mass is 350 g/mol. The van der Waals surface area contributed by atoms with Gasteiger partial charge in [-0.05, 0) is 30.5 Å². The van der Waals surface area contributed by atoms with E-state index in [-0.39, 0.29) is 30.6 Å². The summed E-state index contributed by atoms with van der Waals surface area (Å²) in [5.74, 6) is -0.000795.